The number of aromatic nitrogens is 1. The summed E-state index contributed by atoms with van der Waals surface area (Å²) in [4.78, 5) is 16.4. The lowest BCUT2D eigenvalue weighted by molar-refractivity contribution is 0.0936. The van der Waals surface area contributed by atoms with Crippen molar-refractivity contribution in [3.05, 3.63) is 58.9 Å². The molecule has 1 aromatic heterocycles. The molecule has 1 aliphatic heterocycles. The number of rotatable bonds is 6. The van der Waals surface area contributed by atoms with Gasteiger partial charge in [0.1, 0.15) is 5.69 Å². The number of pyridine rings is 1. The van der Waals surface area contributed by atoms with E-state index in [0.29, 0.717) is 18.0 Å². The van der Waals surface area contributed by atoms with Crippen molar-refractivity contribution < 1.29 is 13.2 Å². The molecule has 0 saturated carbocycles. The fourth-order valence-electron chi connectivity index (χ4n) is 2.84. The molecule has 0 spiro atoms. The third-order valence-electron chi connectivity index (χ3n) is 4.22. The first-order valence-electron chi connectivity index (χ1n) is 8.37. The van der Waals surface area contributed by atoms with Crippen LogP contribution in [0.1, 0.15) is 22.5 Å². The van der Waals surface area contributed by atoms with E-state index in [0.717, 1.165) is 17.7 Å². The number of nitrogens with zero attached hydrogens (tertiary/aromatic N) is 1. The van der Waals surface area contributed by atoms with Crippen LogP contribution in [-0.4, -0.2) is 43.4 Å². The number of carbonyl (C=O) groups is 1. The van der Waals surface area contributed by atoms with Gasteiger partial charge in [-0.15, -0.1) is 0 Å². The second kappa shape index (κ2) is 8.05. The molecule has 2 N–H and O–H groups in total. The molecule has 6 nitrogen and oxygen atoms in total. The zero-order valence-electron chi connectivity index (χ0n) is 14.1. The lowest BCUT2D eigenvalue weighted by atomic mass is 10.1. The number of amides is 1. The molecular weight excluding hydrogens is 374 g/mol. The first-order valence-corrected chi connectivity index (χ1v) is 10.6. The summed E-state index contributed by atoms with van der Waals surface area (Å²) in [6, 6.07) is 10.8. The largest absolute Gasteiger partial charge is 0.385 e. The smallest absolute Gasteiger partial charge is 0.270 e. The van der Waals surface area contributed by atoms with Gasteiger partial charge in [0.25, 0.3) is 5.91 Å². The summed E-state index contributed by atoms with van der Waals surface area (Å²) in [5.74, 6) is -0.233. The van der Waals surface area contributed by atoms with Gasteiger partial charge in [0.15, 0.2) is 9.84 Å². The maximum Gasteiger partial charge on any atom is 0.270 e. The number of halogens is 1. The monoisotopic (exact) mass is 393 g/mol. The number of carbonyl (C=O) groups excluding carboxylic acids is 1. The van der Waals surface area contributed by atoms with Crippen molar-refractivity contribution in [1.29, 1.82) is 0 Å². The SMILES string of the molecule is O=C(NC1CCS(=O)(=O)C1)c1cc(NCCc2ccc(Cl)cc2)ccn1. The van der Waals surface area contributed by atoms with Crippen LogP contribution < -0.4 is 10.6 Å². The van der Waals surface area contributed by atoms with Crippen molar-refractivity contribution in [2.24, 2.45) is 0 Å². The minimum Gasteiger partial charge on any atom is -0.385 e. The summed E-state index contributed by atoms with van der Waals surface area (Å²) >= 11 is 5.87. The second-order valence-corrected chi connectivity index (χ2v) is 8.97. The first kappa shape index (κ1) is 18.7. The highest BCUT2D eigenvalue weighted by Gasteiger charge is 2.29. The molecular formula is C18H20ClN3O3S. The topological polar surface area (TPSA) is 88.2 Å². The first-order chi connectivity index (χ1) is 12.4. The standard InChI is InChI=1S/C18H20ClN3O3S/c19-14-3-1-13(2-4-14)5-8-20-15-6-9-21-17(11-15)18(23)22-16-7-10-26(24,25)12-16/h1-4,6,9,11,16H,5,7-8,10,12H2,(H,20,21)(H,22,23). The Morgan fingerprint density at radius 3 is 2.69 bits per heavy atom. The van der Waals surface area contributed by atoms with Crippen molar-refractivity contribution in [3.8, 4) is 0 Å². The normalized spacial score (nSPS) is 18.4. The van der Waals surface area contributed by atoms with E-state index in [9.17, 15) is 13.2 Å². The van der Waals surface area contributed by atoms with E-state index in [4.69, 9.17) is 11.6 Å². The van der Waals surface area contributed by atoms with Crippen LogP contribution in [0.15, 0.2) is 42.6 Å². The van der Waals surface area contributed by atoms with Gasteiger partial charge in [-0.2, -0.15) is 0 Å². The molecule has 1 atom stereocenters. The van der Waals surface area contributed by atoms with E-state index in [1.54, 1.807) is 18.3 Å². The van der Waals surface area contributed by atoms with Gasteiger partial charge < -0.3 is 10.6 Å². The summed E-state index contributed by atoms with van der Waals surface area (Å²) in [5, 5.41) is 6.71. The molecule has 3 rings (SSSR count). The fourth-order valence-corrected chi connectivity index (χ4v) is 4.63. The molecule has 1 aliphatic rings. The summed E-state index contributed by atoms with van der Waals surface area (Å²) in [6.45, 7) is 0.702. The number of hydrogen-bond acceptors (Lipinski definition) is 5. The number of anilines is 1. The Morgan fingerprint density at radius 2 is 2.00 bits per heavy atom. The molecule has 1 aromatic carbocycles. The van der Waals surface area contributed by atoms with Crippen LogP contribution in [0.3, 0.4) is 0 Å². The Balaban J connectivity index is 1.54. The Hall–Kier alpha value is -2.12. The zero-order valence-corrected chi connectivity index (χ0v) is 15.7. The predicted molar refractivity (Wildman–Crippen MR) is 102 cm³/mol. The summed E-state index contributed by atoms with van der Waals surface area (Å²) in [7, 11) is -3.03. The van der Waals surface area contributed by atoms with E-state index in [2.05, 4.69) is 15.6 Å². The Bertz CT molecular complexity index is 885. The van der Waals surface area contributed by atoms with Crippen LogP contribution in [0.4, 0.5) is 5.69 Å². The van der Waals surface area contributed by atoms with E-state index in [1.165, 1.54) is 0 Å². The van der Waals surface area contributed by atoms with Gasteiger partial charge in [-0.1, -0.05) is 23.7 Å². The Morgan fingerprint density at radius 1 is 1.23 bits per heavy atom. The van der Waals surface area contributed by atoms with Crippen LogP contribution in [0.2, 0.25) is 5.02 Å². The van der Waals surface area contributed by atoms with Crippen LogP contribution >= 0.6 is 11.6 Å². The van der Waals surface area contributed by atoms with Gasteiger partial charge in [0.05, 0.1) is 11.5 Å². The lowest BCUT2D eigenvalue weighted by Gasteiger charge is -2.11. The third-order valence-corrected chi connectivity index (χ3v) is 6.24. The lowest BCUT2D eigenvalue weighted by Crippen LogP contribution is -2.36. The molecule has 26 heavy (non-hydrogen) atoms. The zero-order chi connectivity index (χ0) is 18.6. The molecule has 1 saturated heterocycles. The Kier molecular flexibility index (Phi) is 5.78. The number of hydrogen-bond donors (Lipinski definition) is 2. The number of benzene rings is 1. The van der Waals surface area contributed by atoms with Gasteiger partial charge in [-0.3, -0.25) is 9.78 Å². The molecule has 138 valence electrons. The molecule has 2 aromatic rings. The molecule has 0 aliphatic carbocycles. The van der Waals surface area contributed by atoms with Crippen LogP contribution in [0, 0.1) is 0 Å². The second-order valence-electron chi connectivity index (χ2n) is 6.31. The van der Waals surface area contributed by atoms with E-state index < -0.39 is 9.84 Å². The third kappa shape index (κ3) is 5.19. The summed E-state index contributed by atoms with van der Waals surface area (Å²) in [6.07, 6.45) is 2.83. The van der Waals surface area contributed by atoms with Gasteiger partial charge in [0.2, 0.25) is 0 Å². The van der Waals surface area contributed by atoms with Crippen molar-refractivity contribution in [1.82, 2.24) is 10.3 Å². The number of sulfone groups is 1. The summed E-state index contributed by atoms with van der Waals surface area (Å²) in [5.41, 5.74) is 2.22. The van der Waals surface area contributed by atoms with Crippen LogP contribution in [-0.2, 0) is 16.3 Å². The molecule has 0 radical (unpaired) electrons. The van der Waals surface area contributed by atoms with Gasteiger partial charge in [0, 0.05) is 29.5 Å². The van der Waals surface area contributed by atoms with Gasteiger partial charge in [-0.05, 0) is 42.7 Å². The average molecular weight is 394 g/mol. The minimum absolute atomic E-state index is 0.00221. The Labute approximate surface area is 157 Å². The maximum absolute atomic E-state index is 12.3. The molecule has 1 fully saturated rings. The fraction of sp³-hybridized carbons (Fsp3) is 0.333. The molecule has 8 heteroatoms. The van der Waals surface area contributed by atoms with Crippen molar-refractivity contribution >= 4 is 33.0 Å². The van der Waals surface area contributed by atoms with E-state index in [-0.39, 0.29) is 29.1 Å². The number of nitrogens with one attached hydrogen (secondary N) is 2. The van der Waals surface area contributed by atoms with E-state index in [1.807, 2.05) is 24.3 Å². The maximum atomic E-state index is 12.3. The van der Waals surface area contributed by atoms with Crippen molar-refractivity contribution in [3.63, 3.8) is 0 Å². The van der Waals surface area contributed by atoms with E-state index >= 15 is 0 Å². The predicted octanol–water partition coefficient (Wildman–Crippen LogP) is 2.31. The molecule has 0 bridgehead atoms. The highest BCUT2D eigenvalue weighted by Crippen LogP contribution is 2.14. The quantitative estimate of drug-likeness (QED) is 0.786. The van der Waals surface area contributed by atoms with Crippen molar-refractivity contribution in [2.45, 2.75) is 18.9 Å². The van der Waals surface area contributed by atoms with Gasteiger partial charge in [-0.25, -0.2) is 8.42 Å². The average Bonchev–Trinajstić information content (AvgIpc) is 2.95. The highest BCUT2D eigenvalue weighted by atomic mass is 35.5. The summed E-state index contributed by atoms with van der Waals surface area (Å²) < 4.78 is 23.0. The van der Waals surface area contributed by atoms with Crippen LogP contribution in [0.5, 0.6) is 0 Å². The molecule has 1 unspecified atom stereocenters. The van der Waals surface area contributed by atoms with Crippen LogP contribution in [0.25, 0.3) is 0 Å². The molecule has 2 heterocycles. The van der Waals surface area contributed by atoms with Crippen molar-refractivity contribution in [2.75, 3.05) is 23.4 Å². The highest BCUT2D eigenvalue weighted by molar-refractivity contribution is 7.91. The molecule has 1 amide bonds. The minimum atomic E-state index is -3.03. The van der Waals surface area contributed by atoms with Gasteiger partial charge >= 0.3 is 0 Å².